The van der Waals surface area contributed by atoms with Gasteiger partial charge in [0.1, 0.15) is 0 Å². The molecule has 2 heterocycles. The second-order valence-electron chi connectivity index (χ2n) is 9.60. The van der Waals surface area contributed by atoms with Crippen molar-refractivity contribution in [2.24, 2.45) is 11.8 Å². The van der Waals surface area contributed by atoms with Crippen molar-refractivity contribution in [3.8, 4) is 0 Å². The Balaban J connectivity index is 1.15. The largest absolute Gasteiger partial charge is 0.459 e. The Morgan fingerprint density at radius 3 is 2.30 bits per heavy atom. The minimum absolute atomic E-state index is 0.0648. The molecule has 2 bridgehead atoms. The number of piperidine rings is 1. The van der Waals surface area contributed by atoms with Gasteiger partial charge in [0.2, 0.25) is 5.91 Å². The van der Waals surface area contributed by atoms with Gasteiger partial charge in [-0.15, -0.1) is 0 Å². The van der Waals surface area contributed by atoms with Gasteiger partial charge < -0.3 is 14.6 Å². The lowest BCUT2D eigenvalue weighted by Gasteiger charge is -2.45. The normalized spacial score (nSPS) is 25.3. The number of benzene rings is 2. The van der Waals surface area contributed by atoms with Crippen LogP contribution in [0.15, 0.2) is 71.3 Å². The highest BCUT2D eigenvalue weighted by Gasteiger charge is 2.43. The molecule has 1 N–H and O–H groups in total. The van der Waals surface area contributed by atoms with Gasteiger partial charge in [-0.2, -0.15) is 0 Å². The van der Waals surface area contributed by atoms with Crippen LogP contribution in [0.25, 0.3) is 0 Å². The van der Waals surface area contributed by atoms with Crippen LogP contribution < -0.4 is 5.32 Å². The zero-order valence-electron chi connectivity index (χ0n) is 18.6. The van der Waals surface area contributed by atoms with Crippen LogP contribution in [0.3, 0.4) is 0 Å². The summed E-state index contributed by atoms with van der Waals surface area (Å²) in [6, 6.07) is 21.0. The quantitative estimate of drug-likeness (QED) is 0.648. The number of nitrogens with zero attached hydrogens (tertiary/aromatic N) is 1. The zero-order valence-corrected chi connectivity index (χ0v) is 18.6. The van der Waals surface area contributed by atoms with E-state index in [1.54, 1.807) is 17.0 Å². The van der Waals surface area contributed by atoms with Gasteiger partial charge in [-0.1, -0.05) is 48.5 Å². The molecule has 0 saturated carbocycles. The van der Waals surface area contributed by atoms with E-state index in [4.69, 9.17) is 4.42 Å². The molecule has 2 aromatic carbocycles. The topological polar surface area (TPSA) is 62.6 Å². The maximum atomic E-state index is 13.1. The van der Waals surface area contributed by atoms with E-state index < -0.39 is 0 Å². The fourth-order valence-corrected chi connectivity index (χ4v) is 6.27. The average molecular weight is 441 g/mol. The van der Waals surface area contributed by atoms with E-state index in [9.17, 15) is 9.59 Å². The summed E-state index contributed by atoms with van der Waals surface area (Å²) in [6.45, 7) is 1.79. The number of carbonyl (C=O) groups excluding carboxylic acids is 2. The van der Waals surface area contributed by atoms with Gasteiger partial charge >= 0.3 is 0 Å². The summed E-state index contributed by atoms with van der Waals surface area (Å²) in [5.74, 6) is 1.22. The second kappa shape index (κ2) is 8.22. The zero-order chi connectivity index (χ0) is 22.4. The molecule has 5 heteroatoms. The Kier molecular flexibility index (Phi) is 5.05. The van der Waals surface area contributed by atoms with Gasteiger partial charge in [-0.25, -0.2) is 0 Å². The smallest absolute Gasteiger partial charge is 0.289 e. The second-order valence-corrected chi connectivity index (χ2v) is 9.60. The van der Waals surface area contributed by atoms with Crippen LogP contribution in [0.1, 0.15) is 63.9 Å². The van der Waals surface area contributed by atoms with E-state index in [0.29, 0.717) is 43.1 Å². The molecule has 0 unspecified atom stereocenters. The summed E-state index contributed by atoms with van der Waals surface area (Å²) in [6.07, 6.45) is 4.22. The maximum Gasteiger partial charge on any atom is 0.289 e. The summed E-state index contributed by atoms with van der Waals surface area (Å²) in [5, 5.41) is 3.26. The number of likely N-dealkylation sites (tertiary alicyclic amines) is 1. The first-order chi connectivity index (χ1) is 16.2. The van der Waals surface area contributed by atoms with Crippen LogP contribution >= 0.6 is 0 Å². The van der Waals surface area contributed by atoms with Crippen LogP contribution in [0, 0.1) is 11.8 Å². The van der Waals surface area contributed by atoms with E-state index in [1.807, 2.05) is 0 Å². The lowest BCUT2D eigenvalue weighted by atomic mass is 9.59. The molecule has 33 heavy (non-hydrogen) atoms. The fourth-order valence-electron chi connectivity index (χ4n) is 6.27. The molecule has 0 radical (unpaired) electrons. The molecular formula is C28H28N2O3. The number of fused-ring (bicyclic) bond motifs is 1. The summed E-state index contributed by atoms with van der Waals surface area (Å²) < 4.78 is 5.26. The molecule has 3 aromatic rings. The number of carbonyl (C=O) groups is 2. The van der Waals surface area contributed by atoms with Crippen LogP contribution in [-0.4, -0.2) is 36.3 Å². The van der Waals surface area contributed by atoms with Gasteiger partial charge in [-0.05, 0) is 59.6 Å². The van der Waals surface area contributed by atoms with Crippen molar-refractivity contribution < 1.29 is 14.0 Å². The SMILES string of the molecule is O=C(NC[C@H]1CC2c3ccccc3C1c1ccccc12)[C@@H]1CCCN(C(=O)c2ccco2)C1. The van der Waals surface area contributed by atoms with Crippen molar-refractivity contribution in [3.63, 3.8) is 0 Å². The number of hydrogen-bond acceptors (Lipinski definition) is 3. The Morgan fingerprint density at radius 1 is 0.939 bits per heavy atom. The highest BCUT2D eigenvalue weighted by Crippen LogP contribution is 2.55. The third-order valence-corrected chi connectivity index (χ3v) is 7.77. The molecule has 168 valence electrons. The van der Waals surface area contributed by atoms with Gasteiger partial charge in [0.05, 0.1) is 12.2 Å². The van der Waals surface area contributed by atoms with Crippen LogP contribution in [-0.2, 0) is 4.79 Å². The van der Waals surface area contributed by atoms with Crippen molar-refractivity contribution in [2.45, 2.75) is 31.1 Å². The van der Waals surface area contributed by atoms with E-state index in [-0.39, 0.29) is 17.7 Å². The average Bonchev–Trinajstić information content (AvgIpc) is 3.42. The van der Waals surface area contributed by atoms with Crippen molar-refractivity contribution >= 4 is 11.8 Å². The number of amides is 2. The molecule has 5 nitrogen and oxygen atoms in total. The molecule has 2 atom stereocenters. The summed E-state index contributed by atoms with van der Waals surface area (Å²) in [7, 11) is 0. The monoisotopic (exact) mass is 440 g/mol. The molecular weight excluding hydrogens is 412 g/mol. The molecule has 1 aromatic heterocycles. The third kappa shape index (κ3) is 3.47. The Hall–Kier alpha value is -3.34. The van der Waals surface area contributed by atoms with Crippen molar-refractivity contribution in [1.29, 1.82) is 0 Å². The van der Waals surface area contributed by atoms with E-state index in [0.717, 1.165) is 19.3 Å². The fraction of sp³-hybridized carbons (Fsp3) is 0.357. The molecule has 0 spiro atoms. The molecule has 1 aliphatic heterocycles. The Bertz CT molecular complexity index is 1140. The number of furan rings is 1. The molecule has 1 saturated heterocycles. The number of nitrogens with one attached hydrogen (secondary N) is 1. The Labute approximate surface area is 193 Å². The van der Waals surface area contributed by atoms with Crippen molar-refractivity contribution in [1.82, 2.24) is 10.2 Å². The summed E-state index contributed by atoms with van der Waals surface area (Å²) in [4.78, 5) is 27.5. The minimum Gasteiger partial charge on any atom is -0.459 e. The standard InChI is InChI=1S/C28H28N2O3/c31-27(18-7-5-13-30(17-18)28(32)25-12-6-14-33-25)29-16-19-15-24-20-8-1-3-10-22(20)26(19)23-11-4-2-9-21(23)24/h1-4,6,8-12,14,18-19,24,26H,5,7,13,15-17H2,(H,29,31)/t18-,19-,24?,26?/m1/s1. The van der Waals surface area contributed by atoms with E-state index in [2.05, 4.69) is 53.8 Å². The molecule has 2 amide bonds. The predicted octanol–water partition coefficient (Wildman–Crippen LogP) is 4.55. The van der Waals surface area contributed by atoms with E-state index >= 15 is 0 Å². The molecule has 4 aliphatic rings. The first-order valence-corrected chi connectivity index (χ1v) is 12.0. The van der Waals surface area contributed by atoms with Gasteiger partial charge in [0.25, 0.3) is 5.91 Å². The predicted molar refractivity (Wildman–Crippen MR) is 125 cm³/mol. The number of rotatable bonds is 4. The highest BCUT2D eigenvalue weighted by atomic mass is 16.3. The van der Waals surface area contributed by atoms with Gasteiger partial charge in [0.15, 0.2) is 5.76 Å². The van der Waals surface area contributed by atoms with Crippen LogP contribution in [0.4, 0.5) is 0 Å². The van der Waals surface area contributed by atoms with Crippen LogP contribution in [0.2, 0.25) is 0 Å². The summed E-state index contributed by atoms with van der Waals surface area (Å²) in [5.41, 5.74) is 5.73. The molecule has 1 fully saturated rings. The number of hydrogen-bond donors (Lipinski definition) is 1. The lowest BCUT2D eigenvalue weighted by Crippen LogP contribution is -2.47. The van der Waals surface area contributed by atoms with Crippen LogP contribution in [0.5, 0.6) is 0 Å². The lowest BCUT2D eigenvalue weighted by molar-refractivity contribution is -0.126. The van der Waals surface area contributed by atoms with Gasteiger partial charge in [0, 0.05) is 31.5 Å². The first kappa shape index (κ1) is 20.3. The molecule has 7 rings (SSSR count). The highest BCUT2D eigenvalue weighted by molar-refractivity contribution is 5.92. The summed E-state index contributed by atoms with van der Waals surface area (Å²) >= 11 is 0. The Morgan fingerprint density at radius 2 is 1.64 bits per heavy atom. The van der Waals surface area contributed by atoms with Crippen molar-refractivity contribution in [2.75, 3.05) is 19.6 Å². The molecule has 3 aliphatic carbocycles. The van der Waals surface area contributed by atoms with E-state index in [1.165, 1.54) is 28.5 Å². The van der Waals surface area contributed by atoms with Crippen molar-refractivity contribution in [3.05, 3.63) is 94.9 Å². The first-order valence-electron chi connectivity index (χ1n) is 12.0. The van der Waals surface area contributed by atoms with Gasteiger partial charge in [-0.3, -0.25) is 9.59 Å². The minimum atomic E-state index is -0.169. The third-order valence-electron chi connectivity index (χ3n) is 7.77. The maximum absolute atomic E-state index is 13.1.